The molecule has 20 heavy (non-hydrogen) atoms. The van der Waals surface area contributed by atoms with Crippen LogP contribution in [0.15, 0.2) is 0 Å². The van der Waals surface area contributed by atoms with Gasteiger partial charge in [0.1, 0.15) is 12.1 Å². The number of unbranched alkanes of at least 4 members (excludes halogenated alkanes) is 1. The summed E-state index contributed by atoms with van der Waals surface area (Å²) in [5, 5.41) is 8.45. The van der Waals surface area contributed by atoms with Gasteiger partial charge >= 0.3 is 17.9 Å². The molecule has 0 bridgehead atoms. The molecule has 0 saturated carbocycles. The lowest BCUT2D eigenvalue weighted by Crippen LogP contribution is -2.34. The van der Waals surface area contributed by atoms with Crippen LogP contribution < -0.4 is 11.5 Å². The third kappa shape index (κ3) is 8.44. The second kappa shape index (κ2) is 10.2. The number of aliphatic carboxylic acids is 1. The lowest BCUT2D eigenvalue weighted by Gasteiger charge is -2.11. The molecule has 0 radical (unpaired) electrons. The van der Waals surface area contributed by atoms with Crippen LogP contribution in [0.2, 0.25) is 0 Å². The fourth-order valence-corrected chi connectivity index (χ4v) is 1.38. The van der Waals surface area contributed by atoms with Crippen molar-refractivity contribution in [3.05, 3.63) is 0 Å². The number of hydrogen-bond acceptors (Lipinski definition) is 7. The molecule has 0 aromatic rings. The standard InChI is InChI=1S/C12H22N2O6/c1-2-19-11(17)8(13)5-3-4-6-20-12(18)9(14)7-10(15)16/h8-9H,2-7,13-14H2,1H3,(H,15,16)/t8?,9-/m0/s1. The Labute approximate surface area is 117 Å². The van der Waals surface area contributed by atoms with Crippen LogP contribution >= 0.6 is 0 Å². The van der Waals surface area contributed by atoms with Crippen molar-refractivity contribution in [1.82, 2.24) is 0 Å². The van der Waals surface area contributed by atoms with Crippen molar-refractivity contribution in [2.75, 3.05) is 13.2 Å². The molecule has 0 aliphatic rings. The summed E-state index contributed by atoms with van der Waals surface area (Å²) in [5.41, 5.74) is 10.9. The average molecular weight is 290 g/mol. The predicted octanol–water partition coefficient (Wildman–Crippen LogP) is -0.608. The van der Waals surface area contributed by atoms with E-state index in [0.717, 1.165) is 0 Å². The van der Waals surface area contributed by atoms with Gasteiger partial charge in [-0.05, 0) is 26.2 Å². The largest absolute Gasteiger partial charge is 0.481 e. The zero-order chi connectivity index (χ0) is 15.5. The first kappa shape index (κ1) is 18.3. The van der Waals surface area contributed by atoms with Crippen LogP contribution in [0.5, 0.6) is 0 Å². The molecule has 0 aliphatic carbocycles. The molecule has 8 heteroatoms. The highest BCUT2D eigenvalue weighted by Crippen LogP contribution is 2.02. The quantitative estimate of drug-likeness (QED) is 0.357. The van der Waals surface area contributed by atoms with Gasteiger partial charge in [0.05, 0.1) is 19.6 Å². The molecule has 2 atom stereocenters. The smallest absolute Gasteiger partial charge is 0.323 e. The van der Waals surface area contributed by atoms with Crippen LogP contribution in [0.3, 0.4) is 0 Å². The third-order valence-electron chi connectivity index (χ3n) is 2.44. The topological polar surface area (TPSA) is 142 Å². The monoisotopic (exact) mass is 290 g/mol. The summed E-state index contributed by atoms with van der Waals surface area (Å²) < 4.78 is 9.56. The van der Waals surface area contributed by atoms with Crippen molar-refractivity contribution < 1.29 is 29.0 Å². The van der Waals surface area contributed by atoms with E-state index in [1.165, 1.54) is 0 Å². The first-order valence-electron chi connectivity index (χ1n) is 6.44. The van der Waals surface area contributed by atoms with E-state index in [-0.39, 0.29) is 13.2 Å². The fourth-order valence-electron chi connectivity index (χ4n) is 1.38. The van der Waals surface area contributed by atoms with Crippen LogP contribution in [0.1, 0.15) is 32.6 Å². The third-order valence-corrected chi connectivity index (χ3v) is 2.44. The van der Waals surface area contributed by atoms with Crippen molar-refractivity contribution in [3.8, 4) is 0 Å². The maximum absolute atomic E-state index is 11.3. The first-order valence-corrected chi connectivity index (χ1v) is 6.44. The fraction of sp³-hybridized carbons (Fsp3) is 0.750. The Kier molecular flexibility index (Phi) is 9.31. The highest BCUT2D eigenvalue weighted by atomic mass is 16.5. The number of esters is 2. The molecule has 8 nitrogen and oxygen atoms in total. The summed E-state index contributed by atoms with van der Waals surface area (Å²) in [6.07, 6.45) is 1.06. The molecule has 0 aliphatic heterocycles. The van der Waals surface area contributed by atoms with Crippen molar-refractivity contribution in [2.45, 2.75) is 44.7 Å². The van der Waals surface area contributed by atoms with E-state index in [0.29, 0.717) is 19.3 Å². The van der Waals surface area contributed by atoms with Crippen LogP contribution in [0, 0.1) is 0 Å². The summed E-state index contributed by atoms with van der Waals surface area (Å²) in [6, 6.07) is -1.84. The van der Waals surface area contributed by atoms with E-state index < -0.39 is 36.4 Å². The maximum Gasteiger partial charge on any atom is 0.323 e. The molecule has 0 fully saturated rings. The van der Waals surface area contributed by atoms with Gasteiger partial charge in [0, 0.05) is 0 Å². The van der Waals surface area contributed by atoms with Gasteiger partial charge in [0.25, 0.3) is 0 Å². The highest BCUT2D eigenvalue weighted by Gasteiger charge is 2.18. The maximum atomic E-state index is 11.3. The number of carboxylic acid groups (broad SMARTS) is 1. The van der Waals surface area contributed by atoms with Crippen LogP contribution in [-0.2, 0) is 23.9 Å². The summed E-state index contributed by atoms with van der Waals surface area (Å²) in [7, 11) is 0. The zero-order valence-electron chi connectivity index (χ0n) is 11.5. The van der Waals surface area contributed by atoms with Crippen molar-refractivity contribution in [3.63, 3.8) is 0 Å². The van der Waals surface area contributed by atoms with Crippen molar-refractivity contribution in [1.29, 1.82) is 0 Å². The number of ether oxygens (including phenoxy) is 2. The minimum absolute atomic E-state index is 0.113. The van der Waals surface area contributed by atoms with Gasteiger partial charge in [-0.1, -0.05) is 0 Å². The second-order valence-electron chi connectivity index (χ2n) is 4.23. The van der Waals surface area contributed by atoms with E-state index >= 15 is 0 Å². The van der Waals surface area contributed by atoms with Gasteiger partial charge in [-0.15, -0.1) is 0 Å². The lowest BCUT2D eigenvalue weighted by molar-refractivity contribution is -0.149. The summed E-state index contributed by atoms with van der Waals surface area (Å²) >= 11 is 0. The normalized spacial score (nSPS) is 13.3. The molecule has 0 amide bonds. The van der Waals surface area contributed by atoms with Crippen molar-refractivity contribution in [2.24, 2.45) is 11.5 Å². The Hall–Kier alpha value is -1.67. The molecule has 0 aromatic carbocycles. The Balaban J connectivity index is 3.68. The van der Waals surface area contributed by atoms with Crippen LogP contribution in [-0.4, -0.2) is 48.3 Å². The Morgan fingerprint density at radius 1 is 1.05 bits per heavy atom. The number of nitrogens with two attached hydrogens (primary N) is 2. The Bertz CT molecular complexity index is 334. The molecule has 116 valence electrons. The Morgan fingerprint density at radius 2 is 1.65 bits per heavy atom. The second-order valence-corrected chi connectivity index (χ2v) is 4.23. The molecule has 1 unspecified atom stereocenters. The predicted molar refractivity (Wildman–Crippen MR) is 69.6 cm³/mol. The highest BCUT2D eigenvalue weighted by molar-refractivity contribution is 5.81. The average Bonchev–Trinajstić information content (AvgIpc) is 2.37. The number of carboxylic acids is 1. The minimum atomic E-state index is -1.16. The van der Waals surface area contributed by atoms with Gasteiger partial charge in [-0.25, -0.2) is 0 Å². The Morgan fingerprint density at radius 3 is 2.20 bits per heavy atom. The number of hydrogen-bond donors (Lipinski definition) is 3. The molecular formula is C12H22N2O6. The SMILES string of the molecule is CCOC(=O)C(N)CCCCOC(=O)[C@@H](N)CC(=O)O. The van der Waals surface area contributed by atoms with Gasteiger partial charge in [-0.2, -0.15) is 0 Å². The van der Waals surface area contributed by atoms with Crippen LogP contribution in [0.4, 0.5) is 0 Å². The lowest BCUT2D eigenvalue weighted by atomic mass is 10.1. The number of carbonyl (C=O) groups excluding carboxylic acids is 2. The van der Waals surface area contributed by atoms with Gasteiger partial charge in [0.2, 0.25) is 0 Å². The molecule has 0 saturated heterocycles. The molecule has 0 rings (SSSR count). The molecule has 5 N–H and O–H groups in total. The number of rotatable bonds is 10. The van der Waals surface area contributed by atoms with Crippen molar-refractivity contribution >= 4 is 17.9 Å². The molecule has 0 spiro atoms. The van der Waals surface area contributed by atoms with Gasteiger partial charge in [-0.3, -0.25) is 14.4 Å². The first-order chi connectivity index (χ1) is 9.38. The molecule has 0 aromatic heterocycles. The summed E-state index contributed by atoms with van der Waals surface area (Å²) in [5.74, 6) is -2.36. The minimum Gasteiger partial charge on any atom is -0.481 e. The van der Waals surface area contributed by atoms with E-state index in [2.05, 4.69) is 0 Å². The van der Waals surface area contributed by atoms with Gasteiger partial charge in [0.15, 0.2) is 0 Å². The zero-order valence-corrected chi connectivity index (χ0v) is 11.5. The number of carbonyl (C=O) groups is 3. The summed E-state index contributed by atoms with van der Waals surface area (Å²) in [6.45, 7) is 2.09. The van der Waals surface area contributed by atoms with E-state index in [1.54, 1.807) is 6.92 Å². The molecule has 0 heterocycles. The van der Waals surface area contributed by atoms with Crippen LogP contribution in [0.25, 0.3) is 0 Å². The van der Waals surface area contributed by atoms with Gasteiger partial charge < -0.3 is 26.0 Å². The molecular weight excluding hydrogens is 268 g/mol. The van der Waals surface area contributed by atoms with E-state index in [1.807, 2.05) is 0 Å². The summed E-state index contributed by atoms with van der Waals surface area (Å²) in [4.78, 5) is 32.8. The van der Waals surface area contributed by atoms with E-state index in [4.69, 9.17) is 26.0 Å². The van der Waals surface area contributed by atoms with E-state index in [9.17, 15) is 14.4 Å².